The quantitative estimate of drug-likeness (QED) is 0.214. The van der Waals surface area contributed by atoms with Crippen molar-refractivity contribution >= 4 is 17.7 Å². The molecule has 0 saturated carbocycles. The molecular weight excluding hydrogens is 316 g/mol. The number of ether oxygens (including phenoxy) is 1. The number of unbranched alkanes of at least 4 members (excludes halogenated alkanes) is 6. The van der Waals surface area contributed by atoms with Crippen molar-refractivity contribution in [3.05, 3.63) is 30.3 Å². The molecule has 0 spiro atoms. The first-order valence-corrected chi connectivity index (χ1v) is 10.6. The molecule has 24 heavy (non-hydrogen) atoms. The summed E-state index contributed by atoms with van der Waals surface area (Å²) in [4.78, 5) is 13.2. The van der Waals surface area contributed by atoms with E-state index < -0.39 is 0 Å². The molecule has 3 heteroatoms. The minimum Gasteiger partial charge on any atom is -0.462 e. The summed E-state index contributed by atoms with van der Waals surface area (Å²) < 4.78 is 5.70. The van der Waals surface area contributed by atoms with Gasteiger partial charge in [0.2, 0.25) is 0 Å². The van der Waals surface area contributed by atoms with Crippen LogP contribution in [0.5, 0.6) is 0 Å². The normalized spacial score (nSPS) is 12.1. The molecule has 0 aromatic heterocycles. The maximum Gasteiger partial charge on any atom is 0.316 e. The fourth-order valence-corrected chi connectivity index (χ4v) is 3.49. The zero-order chi connectivity index (χ0) is 17.5. The zero-order valence-corrected chi connectivity index (χ0v) is 16.3. The number of thioether (sulfide) groups is 1. The summed E-state index contributed by atoms with van der Waals surface area (Å²) in [6.07, 6.45) is 12.3. The van der Waals surface area contributed by atoms with Crippen molar-refractivity contribution in [1.29, 1.82) is 0 Å². The van der Waals surface area contributed by atoms with Gasteiger partial charge in [-0.05, 0) is 31.4 Å². The molecule has 0 bridgehead atoms. The largest absolute Gasteiger partial charge is 0.462 e. The van der Waals surface area contributed by atoms with Gasteiger partial charge in [0.1, 0.15) is 6.10 Å². The fourth-order valence-electron chi connectivity index (χ4n) is 2.79. The van der Waals surface area contributed by atoms with Crippen LogP contribution in [-0.4, -0.2) is 17.8 Å². The summed E-state index contributed by atoms with van der Waals surface area (Å²) in [5, 5.41) is 0. The Morgan fingerprint density at radius 3 is 2.25 bits per heavy atom. The number of benzene rings is 1. The van der Waals surface area contributed by atoms with Gasteiger partial charge in [0, 0.05) is 4.90 Å². The molecule has 1 aromatic carbocycles. The van der Waals surface area contributed by atoms with Crippen LogP contribution in [0.1, 0.15) is 78.1 Å². The molecule has 136 valence electrons. The van der Waals surface area contributed by atoms with Gasteiger partial charge in [-0.25, -0.2) is 0 Å². The number of rotatable bonds is 14. The van der Waals surface area contributed by atoms with E-state index in [9.17, 15) is 4.79 Å². The Labute approximate surface area is 152 Å². The number of hydrogen-bond acceptors (Lipinski definition) is 3. The minimum absolute atomic E-state index is 0.0785. The Bertz CT molecular complexity index is 419. The van der Waals surface area contributed by atoms with Gasteiger partial charge in [-0.15, -0.1) is 11.8 Å². The first kappa shape index (κ1) is 21.1. The average Bonchev–Trinajstić information content (AvgIpc) is 2.60. The van der Waals surface area contributed by atoms with Crippen LogP contribution in [0.15, 0.2) is 35.2 Å². The summed E-state index contributed by atoms with van der Waals surface area (Å²) in [6.45, 7) is 4.41. The van der Waals surface area contributed by atoms with E-state index in [0.29, 0.717) is 5.75 Å². The zero-order valence-electron chi connectivity index (χ0n) is 15.5. The number of esters is 1. The van der Waals surface area contributed by atoms with Crippen molar-refractivity contribution in [2.75, 3.05) is 5.75 Å². The Morgan fingerprint density at radius 1 is 0.917 bits per heavy atom. The van der Waals surface area contributed by atoms with Crippen LogP contribution in [0.2, 0.25) is 0 Å². The lowest BCUT2D eigenvalue weighted by Gasteiger charge is -2.17. The van der Waals surface area contributed by atoms with Crippen LogP contribution in [0.25, 0.3) is 0 Å². The summed E-state index contributed by atoms with van der Waals surface area (Å²) in [7, 11) is 0. The van der Waals surface area contributed by atoms with Crippen molar-refractivity contribution in [2.24, 2.45) is 0 Å². The molecule has 1 unspecified atom stereocenters. The Morgan fingerprint density at radius 2 is 1.58 bits per heavy atom. The van der Waals surface area contributed by atoms with Gasteiger partial charge in [0.25, 0.3) is 0 Å². The molecule has 0 fully saturated rings. The molecule has 0 aliphatic rings. The molecule has 0 aliphatic carbocycles. The van der Waals surface area contributed by atoms with Crippen LogP contribution in [0, 0.1) is 0 Å². The van der Waals surface area contributed by atoms with Crippen LogP contribution >= 0.6 is 11.8 Å². The number of carbonyl (C=O) groups excluding carboxylic acids is 1. The van der Waals surface area contributed by atoms with Crippen molar-refractivity contribution in [2.45, 2.75) is 89.1 Å². The summed E-state index contributed by atoms with van der Waals surface area (Å²) in [6, 6.07) is 10.0. The summed E-state index contributed by atoms with van der Waals surface area (Å²) >= 11 is 1.55. The van der Waals surface area contributed by atoms with E-state index in [-0.39, 0.29) is 12.1 Å². The third kappa shape index (κ3) is 10.7. The molecule has 0 N–H and O–H groups in total. The first-order chi connectivity index (χ1) is 11.8. The maximum atomic E-state index is 12.1. The smallest absolute Gasteiger partial charge is 0.316 e. The SMILES string of the molecule is CCCCCCCCCC(CCC)OC(=O)CSc1ccccc1. The van der Waals surface area contributed by atoms with E-state index in [2.05, 4.69) is 13.8 Å². The first-order valence-electron chi connectivity index (χ1n) is 9.63. The number of hydrogen-bond donors (Lipinski definition) is 0. The highest BCUT2D eigenvalue weighted by atomic mass is 32.2. The third-order valence-electron chi connectivity index (χ3n) is 4.14. The van der Waals surface area contributed by atoms with E-state index in [0.717, 1.165) is 24.2 Å². The van der Waals surface area contributed by atoms with Gasteiger partial charge in [0.15, 0.2) is 0 Å². The Balaban J connectivity index is 2.17. The van der Waals surface area contributed by atoms with E-state index in [1.165, 1.54) is 44.9 Å². The van der Waals surface area contributed by atoms with E-state index >= 15 is 0 Å². The van der Waals surface area contributed by atoms with Crippen molar-refractivity contribution < 1.29 is 9.53 Å². The van der Waals surface area contributed by atoms with Crippen molar-refractivity contribution in [3.8, 4) is 0 Å². The van der Waals surface area contributed by atoms with Gasteiger partial charge >= 0.3 is 5.97 Å². The van der Waals surface area contributed by atoms with Crippen LogP contribution < -0.4 is 0 Å². The molecule has 0 heterocycles. The van der Waals surface area contributed by atoms with Gasteiger partial charge in [0.05, 0.1) is 5.75 Å². The summed E-state index contributed by atoms with van der Waals surface area (Å²) in [5.74, 6) is 0.326. The molecule has 0 saturated heterocycles. The van der Waals surface area contributed by atoms with E-state index in [1.807, 2.05) is 30.3 Å². The van der Waals surface area contributed by atoms with Crippen molar-refractivity contribution in [3.63, 3.8) is 0 Å². The highest BCUT2D eigenvalue weighted by Gasteiger charge is 2.13. The molecule has 0 radical (unpaired) electrons. The lowest BCUT2D eigenvalue weighted by Crippen LogP contribution is -2.19. The fraction of sp³-hybridized carbons (Fsp3) is 0.667. The monoisotopic (exact) mass is 350 g/mol. The van der Waals surface area contributed by atoms with Crippen molar-refractivity contribution in [1.82, 2.24) is 0 Å². The second kappa shape index (κ2) is 14.4. The predicted octanol–water partition coefficient (Wildman–Crippen LogP) is 6.63. The average molecular weight is 351 g/mol. The molecule has 2 nitrogen and oxygen atoms in total. The van der Waals surface area contributed by atoms with E-state index in [4.69, 9.17) is 4.74 Å². The highest BCUT2D eigenvalue weighted by Crippen LogP contribution is 2.19. The minimum atomic E-state index is -0.0785. The highest BCUT2D eigenvalue weighted by molar-refractivity contribution is 8.00. The molecule has 1 aromatic rings. The second-order valence-corrected chi connectivity index (χ2v) is 7.46. The maximum absolute atomic E-state index is 12.1. The number of carbonyl (C=O) groups is 1. The Hall–Kier alpha value is -0.960. The topological polar surface area (TPSA) is 26.3 Å². The van der Waals surface area contributed by atoms with Gasteiger partial charge in [-0.3, -0.25) is 4.79 Å². The predicted molar refractivity (Wildman–Crippen MR) is 105 cm³/mol. The second-order valence-electron chi connectivity index (χ2n) is 6.41. The molecule has 0 amide bonds. The van der Waals surface area contributed by atoms with Crippen LogP contribution in [0.3, 0.4) is 0 Å². The summed E-state index contributed by atoms with van der Waals surface area (Å²) in [5.41, 5.74) is 0. The molecular formula is C21H34O2S. The molecule has 1 rings (SSSR count). The lowest BCUT2D eigenvalue weighted by molar-refractivity contribution is -0.146. The van der Waals surface area contributed by atoms with Gasteiger partial charge in [-0.1, -0.05) is 77.0 Å². The molecule has 1 atom stereocenters. The van der Waals surface area contributed by atoms with Crippen LogP contribution in [-0.2, 0) is 9.53 Å². The molecule has 0 aliphatic heterocycles. The van der Waals surface area contributed by atoms with E-state index in [1.54, 1.807) is 11.8 Å². The van der Waals surface area contributed by atoms with Gasteiger partial charge < -0.3 is 4.74 Å². The standard InChI is InChI=1S/C21H34O2S/c1-3-5-6-7-8-9-11-15-19(14-4-2)23-21(22)18-24-20-16-12-10-13-17-20/h10,12-13,16-17,19H,3-9,11,14-15,18H2,1-2H3. The van der Waals surface area contributed by atoms with Gasteiger partial charge in [-0.2, -0.15) is 0 Å². The Kier molecular flexibility index (Phi) is 12.6. The van der Waals surface area contributed by atoms with Crippen LogP contribution in [0.4, 0.5) is 0 Å². The lowest BCUT2D eigenvalue weighted by atomic mass is 10.0. The third-order valence-corrected chi connectivity index (χ3v) is 5.12.